The summed E-state index contributed by atoms with van der Waals surface area (Å²) in [5.74, 6) is -1.07. The molecule has 12 heteroatoms. The summed E-state index contributed by atoms with van der Waals surface area (Å²) in [6.45, 7) is 6.29. The van der Waals surface area contributed by atoms with Crippen molar-refractivity contribution in [2.45, 2.75) is 57.7 Å². The molecule has 5 rings (SSSR count). The molecule has 3 saturated carbocycles. The van der Waals surface area contributed by atoms with Gasteiger partial charge in [-0.3, -0.25) is 24.2 Å². The number of ketones is 2. The van der Waals surface area contributed by atoms with Gasteiger partial charge in [0, 0.05) is 49.5 Å². The van der Waals surface area contributed by atoms with Crippen molar-refractivity contribution in [2.24, 2.45) is 28.6 Å². The number of allylic oxidation sites excluding steroid dienone is 4. The molecule has 4 aliphatic carbocycles. The van der Waals surface area contributed by atoms with Gasteiger partial charge in [-0.15, -0.1) is 10.1 Å². The van der Waals surface area contributed by atoms with Crippen molar-refractivity contribution < 1.29 is 39.3 Å². The Balaban J connectivity index is 1.16. The predicted octanol–water partition coefficient (Wildman–Crippen LogP) is 0.934. The molecule has 0 aromatic carbocycles. The van der Waals surface area contributed by atoms with Crippen LogP contribution in [0, 0.1) is 38.7 Å². The van der Waals surface area contributed by atoms with Gasteiger partial charge in [0.05, 0.1) is 12.6 Å². The van der Waals surface area contributed by atoms with Crippen LogP contribution >= 0.6 is 0 Å². The summed E-state index contributed by atoms with van der Waals surface area (Å²) in [4.78, 5) is 56.6. The molecule has 0 aromatic heterocycles. The number of nitrogens with zero attached hydrogens (tertiary/aromatic N) is 3. The molecule has 1 aliphatic heterocycles. The number of fused-ring (bicyclic) bond motifs is 5. The summed E-state index contributed by atoms with van der Waals surface area (Å²) >= 11 is 0. The molecular formula is C29H41N3O9. The van der Waals surface area contributed by atoms with Gasteiger partial charge in [-0.25, -0.2) is 0 Å². The predicted molar refractivity (Wildman–Crippen MR) is 145 cm³/mol. The molecule has 4 fully saturated rings. The topological polar surface area (TPSA) is 160 Å². The maximum atomic E-state index is 13.5. The molecule has 41 heavy (non-hydrogen) atoms. The second-order valence-corrected chi connectivity index (χ2v) is 12.9. The van der Waals surface area contributed by atoms with E-state index in [0.717, 1.165) is 18.4 Å². The molecule has 7 atom stereocenters. The van der Waals surface area contributed by atoms with Gasteiger partial charge in [-0.2, -0.15) is 0 Å². The Morgan fingerprint density at radius 3 is 2.59 bits per heavy atom. The molecule has 0 radical (unpaired) electrons. The number of hydrogen-bond donors (Lipinski definition) is 2. The summed E-state index contributed by atoms with van der Waals surface area (Å²) in [6.07, 6.45) is 7.18. The van der Waals surface area contributed by atoms with E-state index in [0.29, 0.717) is 39.1 Å². The van der Waals surface area contributed by atoms with Crippen molar-refractivity contribution in [3.63, 3.8) is 0 Å². The zero-order valence-corrected chi connectivity index (χ0v) is 23.8. The molecule has 0 bridgehead atoms. The van der Waals surface area contributed by atoms with Gasteiger partial charge in [-0.05, 0) is 56.1 Å². The Morgan fingerprint density at radius 1 is 1.17 bits per heavy atom. The maximum absolute atomic E-state index is 13.5. The first-order valence-corrected chi connectivity index (χ1v) is 14.6. The lowest BCUT2D eigenvalue weighted by Crippen LogP contribution is -2.61. The Morgan fingerprint density at radius 2 is 1.88 bits per heavy atom. The minimum absolute atomic E-state index is 0.00622. The van der Waals surface area contributed by atoms with Gasteiger partial charge in [0.2, 0.25) is 5.78 Å². The fraction of sp³-hybridized carbons (Fsp3) is 0.759. The highest BCUT2D eigenvalue weighted by Crippen LogP contribution is 2.67. The van der Waals surface area contributed by atoms with Crippen LogP contribution in [-0.4, -0.2) is 107 Å². The van der Waals surface area contributed by atoms with E-state index in [1.54, 1.807) is 12.2 Å². The summed E-state index contributed by atoms with van der Waals surface area (Å²) in [6, 6.07) is 0. The fourth-order valence-corrected chi connectivity index (χ4v) is 8.70. The van der Waals surface area contributed by atoms with Crippen molar-refractivity contribution in [3.05, 3.63) is 33.9 Å². The van der Waals surface area contributed by atoms with Crippen molar-refractivity contribution in [1.82, 2.24) is 9.80 Å². The minimum Gasteiger partial charge on any atom is -0.457 e. The van der Waals surface area contributed by atoms with Crippen LogP contribution < -0.4 is 0 Å². The molecule has 1 heterocycles. The second-order valence-electron chi connectivity index (χ2n) is 12.9. The first-order valence-electron chi connectivity index (χ1n) is 14.6. The van der Waals surface area contributed by atoms with Crippen LogP contribution in [-0.2, 0) is 24.0 Å². The number of aliphatic hydroxyl groups excluding tert-OH is 1. The van der Waals surface area contributed by atoms with Gasteiger partial charge in [0.1, 0.15) is 12.2 Å². The molecule has 0 aromatic rings. The smallest absolute Gasteiger partial charge is 0.320 e. The number of hydrogen-bond acceptors (Lipinski definition) is 11. The summed E-state index contributed by atoms with van der Waals surface area (Å²) in [5.41, 5.74) is -1.92. The van der Waals surface area contributed by atoms with Crippen molar-refractivity contribution in [2.75, 3.05) is 52.5 Å². The average Bonchev–Trinajstić information content (AvgIpc) is 3.19. The third kappa shape index (κ3) is 5.35. The monoisotopic (exact) mass is 575 g/mol. The molecule has 12 nitrogen and oxygen atoms in total. The lowest BCUT2D eigenvalue weighted by Gasteiger charge is -2.59. The van der Waals surface area contributed by atoms with E-state index >= 15 is 0 Å². The maximum Gasteiger partial charge on any atom is 0.320 e. The number of Topliss-reactive ketones (excluding diaryl/α,β-unsaturated/α-hetero) is 1. The van der Waals surface area contributed by atoms with E-state index in [2.05, 4.69) is 11.8 Å². The van der Waals surface area contributed by atoms with Crippen LogP contribution in [0.1, 0.15) is 46.0 Å². The fourth-order valence-electron chi connectivity index (χ4n) is 8.70. The number of ether oxygens (including phenoxy) is 1. The van der Waals surface area contributed by atoms with Crippen LogP contribution in [0.2, 0.25) is 0 Å². The Bertz CT molecular complexity index is 1150. The van der Waals surface area contributed by atoms with Gasteiger partial charge in [-0.1, -0.05) is 25.5 Å². The Kier molecular flexibility index (Phi) is 8.14. The highest BCUT2D eigenvalue weighted by Gasteiger charge is 2.68. The van der Waals surface area contributed by atoms with Crippen LogP contribution in [0.5, 0.6) is 0 Å². The quantitative estimate of drug-likeness (QED) is 0.229. The molecule has 2 N–H and O–H groups in total. The van der Waals surface area contributed by atoms with Gasteiger partial charge >= 0.3 is 5.97 Å². The van der Waals surface area contributed by atoms with Crippen molar-refractivity contribution in [1.29, 1.82) is 0 Å². The standard InChI is InChI=1S/C29H41N3O9/c1-27-7-5-20(33)15-19(27)3-4-21-22-6-8-29(37,28(22,2)16-23(34)26(21)27)24(35)18-40-25(36)17-31-11-9-30(10-12-31)13-14-41-32(38)39/h5,7,15,21-23,26,34,37H,3-4,6,8-14,16-18H2,1-2H3/t21?,22?,23-,26?,27-,28-,29-/m0/s1. The largest absolute Gasteiger partial charge is 0.457 e. The van der Waals surface area contributed by atoms with Gasteiger partial charge in [0.25, 0.3) is 5.09 Å². The highest BCUT2D eigenvalue weighted by atomic mass is 16.9. The van der Waals surface area contributed by atoms with E-state index in [-0.39, 0.29) is 49.5 Å². The van der Waals surface area contributed by atoms with Crippen LogP contribution in [0.3, 0.4) is 0 Å². The third-order valence-electron chi connectivity index (χ3n) is 10.9. The van der Waals surface area contributed by atoms with Crippen molar-refractivity contribution >= 4 is 17.5 Å². The summed E-state index contributed by atoms with van der Waals surface area (Å²) in [7, 11) is 0. The van der Waals surface area contributed by atoms with Gasteiger partial charge < -0.3 is 19.8 Å². The van der Waals surface area contributed by atoms with Crippen molar-refractivity contribution in [3.8, 4) is 0 Å². The molecule has 0 amide bonds. The second kappa shape index (κ2) is 11.2. The van der Waals surface area contributed by atoms with E-state index in [1.807, 2.05) is 22.8 Å². The average molecular weight is 576 g/mol. The third-order valence-corrected chi connectivity index (χ3v) is 10.9. The highest BCUT2D eigenvalue weighted by molar-refractivity contribution is 6.01. The van der Waals surface area contributed by atoms with Gasteiger partial charge in [0.15, 0.2) is 12.4 Å². The van der Waals surface area contributed by atoms with Crippen LogP contribution in [0.15, 0.2) is 23.8 Å². The number of esters is 1. The molecule has 0 spiro atoms. The normalized spacial score (nSPS) is 38.8. The number of rotatable bonds is 9. The Hall–Kier alpha value is -2.67. The molecule has 1 saturated heterocycles. The lowest BCUT2D eigenvalue weighted by atomic mass is 9.46. The summed E-state index contributed by atoms with van der Waals surface area (Å²) in [5, 5.41) is 32.8. The number of carbonyl (C=O) groups is 3. The lowest BCUT2D eigenvalue weighted by molar-refractivity contribution is -0.757. The van der Waals surface area contributed by atoms with E-state index in [1.165, 1.54) is 0 Å². The molecule has 3 unspecified atom stereocenters. The Labute approximate surface area is 239 Å². The minimum atomic E-state index is -1.70. The number of piperazine rings is 1. The van der Waals surface area contributed by atoms with E-state index < -0.39 is 46.0 Å². The molecule has 5 aliphatic rings. The number of aliphatic hydroxyl groups is 2. The van der Waals surface area contributed by atoms with E-state index in [4.69, 9.17) is 4.74 Å². The zero-order chi connectivity index (χ0) is 29.6. The summed E-state index contributed by atoms with van der Waals surface area (Å²) < 4.78 is 5.35. The molecule has 226 valence electrons. The first-order chi connectivity index (χ1) is 19.4. The number of carbonyl (C=O) groups excluding carboxylic acids is 3. The van der Waals surface area contributed by atoms with E-state index in [9.17, 15) is 34.7 Å². The molecular weight excluding hydrogens is 534 g/mol. The first kappa shape index (κ1) is 29.8. The zero-order valence-electron chi connectivity index (χ0n) is 23.8. The van der Waals surface area contributed by atoms with Crippen LogP contribution in [0.25, 0.3) is 0 Å². The SMILES string of the molecule is C[C@]12C=CC(=O)C=C1CCC1C2[C@@H](O)C[C@@]2(C)C1CC[C@]2(O)C(=O)COC(=O)CN1CCN(CCO[N+](=O)[O-])CC1. The van der Waals surface area contributed by atoms with Crippen LogP contribution in [0.4, 0.5) is 0 Å².